The number of rotatable bonds is 5. The number of nitrogens with zero attached hydrogens (tertiary/aromatic N) is 4. The zero-order valence-electron chi connectivity index (χ0n) is 11.3. The van der Waals surface area contributed by atoms with Gasteiger partial charge in [0.15, 0.2) is 0 Å². The fourth-order valence-electron chi connectivity index (χ4n) is 2.53. The topological polar surface area (TPSA) is 51.1 Å². The fourth-order valence-corrected chi connectivity index (χ4v) is 3.17. The van der Waals surface area contributed by atoms with Crippen LogP contribution in [0.5, 0.6) is 5.88 Å². The summed E-state index contributed by atoms with van der Waals surface area (Å²) in [4.78, 5) is 16.1. The molecule has 6 heteroatoms. The lowest BCUT2D eigenvalue weighted by Gasteiger charge is -2.32. The number of hydrogen-bond donors (Lipinski definition) is 0. The highest BCUT2D eigenvalue weighted by molar-refractivity contribution is 7.09. The molecule has 0 aliphatic carbocycles. The summed E-state index contributed by atoms with van der Waals surface area (Å²) in [5.41, 5.74) is 1.90. The van der Waals surface area contributed by atoms with Gasteiger partial charge in [0, 0.05) is 42.5 Å². The predicted molar refractivity (Wildman–Crippen MR) is 77.6 cm³/mol. The normalized spacial score (nSPS) is 19.9. The van der Waals surface area contributed by atoms with Gasteiger partial charge in [-0.2, -0.15) is 0 Å². The Kier molecular flexibility index (Phi) is 4.55. The summed E-state index contributed by atoms with van der Waals surface area (Å²) in [7, 11) is 0. The van der Waals surface area contributed by atoms with E-state index in [9.17, 15) is 0 Å². The molecule has 1 unspecified atom stereocenters. The lowest BCUT2D eigenvalue weighted by Crippen LogP contribution is -2.37. The van der Waals surface area contributed by atoms with Crippen molar-refractivity contribution in [3.05, 3.63) is 35.2 Å². The van der Waals surface area contributed by atoms with Crippen LogP contribution < -0.4 is 4.74 Å². The van der Waals surface area contributed by atoms with Crippen LogP contribution in [0.3, 0.4) is 0 Å². The molecule has 1 aliphatic rings. The molecule has 3 rings (SSSR count). The van der Waals surface area contributed by atoms with Gasteiger partial charge < -0.3 is 4.74 Å². The Morgan fingerprint density at radius 2 is 2.30 bits per heavy atom. The number of hydrogen-bond acceptors (Lipinski definition) is 6. The second kappa shape index (κ2) is 6.76. The van der Waals surface area contributed by atoms with Crippen LogP contribution in [0.2, 0.25) is 0 Å². The van der Waals surface area contributed by atoms with Crippen molar-refractivity contribution in [1.82, 2.24) is 19.9 Å². The largest absolute Gasteiger partial charge is 0.476 e. The molecule has 106 valence electrons. The molecular formula is C14H18N4OS. The van der Waals surface area contributed by atoms with E-state index in [4.69, 9.17) is 4.74 Å². The van der Waals surface area contributed by atoms with E-state index >= 15 is 0 Å². The molecule has 3 heterocycles. The van der Waals surface area contributed by atoms with Crippen LogP contribution in [0.15, 0.2) is 30.3 Å². The van der Waals surface area contributed by atoms with Crippen molar-refractivity contribution in [3.8, 4) is 5.88 Å². The van der Waals surface area contributed by atoms with E-state index < -0.39 is 0 Å². The minimum atomic E-state index is 0.568. The third kappa shape index (κ3) is 3.74. The maximum absolute atomic E-state index is 5.72. The zero-order chi connectivity index (χ0) is 13.6. The molecule has 2 aromatic rings. The van der Waals surface area contributed by atoms with Crippen molar-refractivity contribution in [1.29, 1.82) is 0 Å². The van der Waals surface area contributed by atoms with Crippen molar-refractivity contribution in [2.45, 2.75) is 19.4 Å². The Hall–Kier alpha value is -1.53. The van der Waals surface area contributed by atoms with Crippen LogP contribution in [0.25, 0.3) is 0 Å². The van der Waals surface area contributed by atoms with Gasteiger partial charge in [-0.15, -0.1) is 11.3 Å². The van der Waals surface area contributed by atoms with Crippen molar-refractivity contribution < 1.29 is 4.74 Å². The fraction of sp³-hybridized carbons (Fsp3) is 0.500. The molecular weight excluding hydrogens is 272 g/mol. The molecule has 0 aromatic carbocycles. The first kappa shape index (κ1) is 13.5. The van der Waals surface area contributed by atoms with Crippen LogP contribution in [0.4, 0.5) is 0 Å². The number of likely N-dealkylation sites (tertiary alicyclic amines) is 1. The first-order valence-corrected chi connectivity index (χ1v) is 7.76. The molecule has 0 spiro atoms. The van der Waals surface area contributed by atoms with Crippen LogP contribution in [-0.4, -0.2) is 39.5 Å². The van der Waals surface area contributed by atoms with Crippen molar-refractivity contribution in [2.75, 3.05) is 19.7 Å². The quantitative estimate of drug-likeness (QED) is 0.845. The molecule has 1 saturated heterocycles. The molecule has 0 bridgehead atoms. The minimum Gasteiger partial charge on any atom is -0.476 e. The molecule has 0 saturated carbocycles. The van der Waals surface area contributed by atoms with Gasteiger partial charge in [-0.3, -0.25) is 14.9 Å². The summed E-state index contributed by atoms with van der Waals surface area (Å²) in [5.74, 6) is 1.19. The van der Waals surface area contributed by atoms with E-state index in [-0.39, 0.29) is 0 Å². The number of ether oxygens (including phenoxy) is 1. The maximum atomic E-state index is 5.72. The summed E-state index contributed by atoms with van der Waals surface area (Å²) >= 11 is 1.73. The van der Waals surface area contributed by atoms with Gasteiger partial charge >= 0.3 is 0 Å². The number of thiazole rings is 1. The third-order valence-corrected chi connectivity index (χ3v) is 4.24. The lowest BCUT2D eigenvalue weighted by atomic mass is 9.99. The number of piperidine rings is 1. The molecule has 1 atom stereocenters. The van der Waals surface area contributed by atoms with E-state index in [0.717, 1.165) is 19.7 Å². The average Bonchev–Trinajstić information content (AvgIpc) is 3.00. The number of aromatic nitrogens is 3. The van der Waals surface area contributed by atoms with Gasteiger partial charge in [-0.25, -0.2) is 4.98 Å². The maximum Gasteiger partial charge on any atom is 0.232 e. The van der Waals surface area contributed by atoms with Gasteiger partial charge in [0.1, 0.15) is 0 Å². The molecule has 1 fully saturated rings. The van der Waals surface area contributed by atoms with Crippen LogP contribution in [-0.2, 0) is 6.54 Å². The van der Waals surface area contributed by atoms with E-state index in [0.29, 0.717) is 11.8 Å². The highest BCUT2D eigenvalue weighted by Crippen LogP contribution is 2.20. The highest BCUT2D eigenvalue weighted by atomic mass is 32.1. The molecule has 1 aliphatic heterocycles. The Morgan fingerprint density at radius 3 is 3.10 bits per heavy atom. The Balaban J connectivity index is 1.48. The van der Waals surface area contributed by atoms with Gasteiger partial charge in [0.2, 0.25) is 5.88 Å². The summed E-state index contributed by atoms with van der Waals surface area (Å²) in [6.07, 6.45) is 9.39. The molecule has 0 N–H and O–H groups in total. The predicted octanol–water partition coefficient (Wildman–Crippen LogP) is 2.22. The van der Waals surface area contributed by atoms with E-state index in [1.165, 1.54) is 24.3 Å². The van der Waals surface area contributed by atoms with Gasteiger partial charge in [-0.05, 0) is 19.4 Å². The molecule has 0 radical (unpaired) electrons. The van der Waals surface area contributed by atoms with E-state index in [1.807, 2.05) is 11.7 Å². The second-order valence-electron chi connectivity index (χ2n) is 5.07. The van der Waals surface area contributed by atoms with Crippen LogP contribution >= 0.6 is 11.3 Å². The zero-order valence-corrected chi connectivity index (χ0v) is 12.1. The minimum absolute atomic E-state index is 0.568. The first-order chi connectivity index (χ1) is 9.90. The average molecular weight is 290 g/mol. The van der Waals surface area contributed by atoms with Crippen LogP contribution in [0, 0.1) is 5.92 Å². The monoisotopic (exact) mass is 290 g/mol. The molecule has 2 aromatic heterocycles. The van der Waals surface area contributed by atoms with E-state index in [1.54, 1.807) is 29.9 Å². The Bertz CT molecular complexity index is 505. The van der Waals surface area contributed by atoms with Gasteiger partial charge in [0.25, 0.3) is 0 Å². The summed E-state index contributed by atoms with van der Waals surface area (Å²) in [6.45, 7) is 3.97. The van der Waals surface area contributed by atoms with Crippen molar-refractivity contribution in [3.63, 3.8) is 0 Å². The molecule has 5 nitrogen and oxygen atoms in total. The van der Waals surface area contributed by atoms with Gasteiger partial charge in [0.05, 0.1) is 18.3 Å². The highest BCUT2D eigenvalue weighted by Gasteiger charge is 2.21. The summed E-state index contributed by atoms with van der Waals surface area (Å²) in [6, 6.07) is 0. The Labute approximate surface area is 122 Å². The Morgan fingerprint density at radius 1 is 1.30 bits per heavy atom. The smallest absolute Gasteiger partial charge is 0.232 e. The van der Waals surface area contributed by atoms with Crippen molar-refractivity contribution in [2.24, 2.45) is 5.92 Å². The summed E-state index contributed by atoms with van der Waals surface area (Å²) in [5, 5.41) is 0. The van der Waals surface area contributed by atoms with Crippen LogP contribution in [0.1, 0.15) is 17.7 Å². The van der Waals surface area contributed by atoms with Crippen molar-refractivity contribution >= 4 is 11.3 Å². The standard InChI is InChI=1S/C14H18N4OS/c1-2-12(10-19-14-7-15-3-4-17-14)8-18(5-1)9-13-6-16-11-20-13/h3-4,6-7,11-12H,1-2,5,8-10H2. The second-order valence-corrected chi connectivity index (χ2v) is 6.04. The summed E-state index contributed by atoms with van der Waals surface area (Å²) < 4.78 is 5.72. The molecule has 20 heavy (non-hydrogen) atoms. The lowest BCUT2D eigenvalue weighted by molar-refractivity contribution is 0.123. The third-order valence-electron chi connectivity index (χ3n) is 3.47. The van der Waals surface area contributed by atoms with Gasteiger partial charge in [-0.1, -0.05) is 0 Å². The van der Waals surface area contributed by atoms with E-state index in [2.05, 4.69) is 19.9 Å². The SMILES string of the molecule is c1cnc(OCC2CCCN(Cc3cncs3)C2)cn1. The molecule has 0 amide bonds. The first-order valence-electron chi connectivity index (χ1n) is 6.88.